The van der Waals surface area contributed by atoms with E-state index >= 15 is 0 Å². The molecule has 5 heteroatoms. The van der Waals surface area contributed by atoms with Crippen LogP contribution in [0.1, 0.15) is 89.7 Å². The van der Waals surface area contributed by atoms with Crippen LogP contribution in [0.25, 0.3) is 0 Å². The first kappa shape index (κ1) is 23.0. The van der Waals surface area contributed by atoms with Crippen molar-refractivity contribution in [2.45, 2.75) is 90.6 Å². The molecule has 0 fully saturated rings. The van der Waals surface area contributed by atoms with E-state index in [0.717, 1.165) is 56.1 Å². The van der Waals surface area contributed by atoms with E-state index < -0.39 is 24.0 Å². The van der Waals surface area contributed by atoms with Gasteiger partial charge in [-0.2, -0.15) is 0 Å². The molecule has 1 aromatic carbocycles. The van der Waals surface area contributed by atoms with Crippen molar-refractivity contribution in [1.29, 1.82) is 0 Å². The lowest BCUT2D eigenvalue weighted by atomic mass is 9.80. The smallest absolute Gasteiger partial charge is 0.318 e. The number of carbonyl (C=O) groups excluding carboxylic acids is 1. The first-order chi connectivity index (χ1) is 12.9. The van der Waals surface area contributed by atoms with Gasteiger partial charge in [-0.25, -0.2) is 0 Å². The summed E-state index contributed by atoms with van der Waals surface area (Å²) in [7, 11) is 0. The third kappa shape index (κ3) is 7.24. The van der Waals surface area contributed by atoms with Crippen LogP contribution < -0.4 is 0 Å². The van der Waals surface area contributed by atoms with E-state index in [0.29, 0.717) is 12.8 Å². The number of carboxylic acid groups (broad SMARTS) is 1. The number of phenols is 1. The van der Waals surface area contributed by atoms with E-state index in [1.807, 2.05) is 6.07 Å². The summed E-state index contributed by atoms with van der Waals surface area (Å²) in [5, 5.41) is 18.9. The number of aromatic hydroxyl groups is 1. The molecule has 0 aliphatic carbocycles. The molecule has 0 aliphatic heterocycles. The monoisotopic (exact) mass is 378 g/mol. The number of hydrogen-bond donors (Lipinski definition) is 2. The molecule has 0 saturated carbocycles. The zero-order chi connectivity index (χ0) is 20.3. The summed E-state index contributed by atoms with van der Waals surface area (Å²) in [5.74, 6) is -1.69. The van der Waals surface area contributed by atoms with E-state index in [1.54, 1.807) is 12.1 Å². The second-order valence-corrected chi connectivity index (χ2v) is 7.19. The Kier molecular flexibility index (Phi) is 9.90. The lowest BCUT2D eigenvalue weighted by molar-refractivity contribution is -0.167. The standard InChI is InChI=1S/C22H34O5/c1-4-7-10-17-15-18(23)11-12-19(17)22(13-8-5-2,14-9-6-3)27-21(26)16-20(24)25/h11-12,15,23H,4-10,13-14,16H2,1-3H3,(H,24,25). The van der Waals surface area contributed by atoms with Crippen LogP contribution in [-0.2, 0) is 26.3 Å². The Morgan fingerprint density at radius 3 is 2.11 bits per heavy atom. The molecular formula is C22H34O5. The molecule has 1 rings (SSSR count). The van der Waals surface area contributed by atoms with Crippen LogP contribution in [0, 0.1) is 0 Å². The van der Waals surface area contributed by atoms with Gasteiger partial charge in [-0.1, -0.05) is 46.1 Å². The number of hydrogen-bond acceptors (Lipinski definition) is 4. The fourth-order valence-electron chi connectivity index (χ4n) is 3.45. The number of ether oxygens (including phenoxy) is 1. The number of aryl methyl sites for hydroxylation is 1. The molecule has 152 valence electrons. The molecule has 0 heterocycles. The quantitative estimate of drug-likeness (QED) is 0.358. The van der Waals surface area contributed by atoms with Crippen molar-refractivity contribution in [3.05, 3.63) is 29.3 Å². The predicted octanol–water partition coefficient (Wildman–Crippen LogP) is 5.33. The van der Waals surface area contributed by atoms with Crippen LogP contribution >= 0.6 is 0 Å². The van der Waals surface area contributed by atoms with Crippen LogP contribution in [0.3, 0.4) is 0 Å². The van der Waals surface area contributed by atoms with Crippen molar-refractivity contribution in [1.82, 2.24) is 0 Å². The van der Waals surface area contributed by atoms with E-state index in [2.05, 4.69) is 20.8 Å². The zero-order valence-electron chi connectivity index (χ0n) is 16.9. The second-order valence-electron chi connectivity index (χ2n) is 7.19. The number of carboxylic acids is 1. The van der Waals surface area contributed by atoms with Crippen LogP contribution in [0.5, 0.6) is 5.75 Å². The normalized spacial score (nSPS) is 11.4. The minimum atomic E-state index is -1.18. The van der Waals surface area contributed by atoms with Gasteiger partial charge in [0.15, 0.2) is 0 Å². The maximum atomic E-state index is 12.3. The Morgan fingerprint density at radius 1 is 1.00 bits per heavy atom. The summed E-state index contributed by atoms with van der Waals surface area (Å²) >= 11 is 0. The number of rotatable bonds is 13. The third-order valence-electron chi connectivity index (χ3n) is 4.85. The molecule has 0 aliphatic rings. The minimum Gasteiger partial charge on any atom is -0.508 e. The highest BCUT2D eigenvalue weighted by molar-refractivity contribution is 5.90. The van der Waals surface area contributed by atoms with Gasteiger partial charge in [0, 0.05) is 0 Å². The van der Waals surface area contributed by atoms with Gasteiger partial charge in [-0.15, -0.1) is 0 Å². The largest absolute Gasteiger partial charge is 0.508 e. The van der Waals surface area contributed by atoms with E-state index in [-0.39, 0.29) is 5.75 Å². The number of esters is 1. The number of carbonyl (C=O) groups is 2. The Hall–Kier alpha value is -2.04. The molecule has 0 atom stereocenters. The van der Waals surface area contributed by atoms with E-state index in [9.17, 15) is 14.7 Å². The highest BCUT2D eigenvalue weighted by atomic mass is 16.6. The highest BCUT2D eigenvalue weighted by Gasteiger charge is 2.37. The SMILES string of the molecule is CCCCc1cc(O)ccc1C(CCCC)(CCCC)OC(=O)CC(=O)O. The summed E-state index contributed by atoms with van der Waals surface area (Å²) < 4.78 is 5.90. The molecule has 0 unspecified atom stereocenters. The zero-order valence-corrected chi connectivity index (χ0v) is 16.9. The Balaban J connectivity index is 3.39. The minimum absolute atomic E-state index is 0.196. The molecule has 0 radical (unpaired) electrons. The van der Waals surface area contributed by atoms with Crippen LogP contribution in [0.15, 0.2) is 18.2 Å². The molecule has 27 heavy (non-hydrogen) atoms. The maximum Gasteiger partial charge on any atom is 0.318 e. The average Bonchev–Trinajstić information content (AvgIpc) is 2.61. The number of unbranched alkanes of at least 4 members (excludes halogenated alkanes) is 3. The fraction of sp³-hybridized carbons (Fsp3) is 0.636. The van der Waals surface area contributed by atoms with Gasteiger partial charge in [-0.3, -0.25) is 9.59 Å². The fourth-order valence-corrected chi connectivity index (χ4v) is 3.45. The van der Waals surface area contributed by atoms with E-state index in [4.69, 9.17) is 9.84 Å². The lowest BCUT2D eigenvalue weighted by Gasteiger charge is -2.36. The molecule has 0 saturated heterocycles. The number of benzene rings is 1. The molecule has 1 aromatic rings. The van der Waals surface area contributed by atoms with Gasteiger partial charge in [0.1, 0.15) is 17.8 Å². The van der Waals surface area contributed by atoms with Crippen molar-refractivity contribution in [3.8, 4) is 5.75 Å². The molecule has 2 N–H and O–H groups in total. The first-order valence-electron chi connectivity index (χ1n) is 10.1. The molecule has 0 spiro atoms. The van der Waals surface area contributed by atoms with Crippen LogP contribution in [0.4, 0.5) is 0 Å². The summed E-state index contributed by atoms with van der Waals surface area (Å²) in [6.45, 7) is 6.27. The second kappa shape index (κ2) is 11.6. The summed E-state index contributed by atoms with van der Waals surface area (Å²) in [6, 6.07) is 5.23. The molecular weight excluding hydrogens is 344 g/mol. The van der Waals surface area contributed by atoms with Crippen molar-refractivity contribution in [2.24, 2.45) is 0 Å². The van der Waals surface area contributed by atoms with Gasteiger partial charge in [-0.05, 0) is 61.8 Å². The number of phenolic OH excluding ortho intramolecular Hbond substituents is 1. The topological polar surface area (TPSA) is 83.8 Å². The van der Waals surface area contributed by atoms with Gasteiger partial charge in [0.25, 0.3) is 0 Å². The Bertz CT molecular complexity index is 601. The Morgan fingerprint density at radius 2 is 1.59 bits per heavy atom. The van der Waals surface area contributed by atoms with Crippen molar-refractivity contribution < 1.29 is 24.5 Å². The van der Waals surface area contributed by atoms with E-state index in [1.165, 1.54) is 0 Å². The van der Waals surface area contributed by atoms with Gasteiger partial charge < -0.3 is 14.9 Å². The Labute approximate surface area is 162 Å². The van der Waals surface area contributed by atoms with Crippen LogP contribution in [-0.4, -0.2) is 22.2 Å². The van der Waals surface area contributed by atoms with Crippen molar-refractivity contribution >= 4 is 11.9 Å². The van der Waals surface area contributed by atoms with Gasteiger partial charge in [0.05, 0.1) is 0 Å². The van der Waals surface area contributed by atoms with Crippen molar-refractivity contribution in [3.63, 3.8) is 0 Å². The maximum absolute atomic E-state index is 12.3. The average molecular weight is 379 g/mol. The molecule has 5 nitrogen and oxygen atoms in total. The lowest BCUT2D eigenvalue weighted by Crippen LogP contribution is -2.34. The van der Waals surface area contributed by atoms with Gasteiger partial charge in [0.2, 0.25) is 0 Å². The van der Waals surface area contributed by atoms with Crippen LogP contribution in [0.2, 0.25) is 0 Å². The molecule has 0 bridgehead atoms. The summed E-state index contributed by atoms with van der Waals surface area (Å²) in [4.78, 5) is 23.3. The summed E-state index contributed by atoms with van der Waals surface area (Å²) in [5.41, 5.74) is 1.05. The van der Waals surface area contributed by atoms with Gasteiger partial charge >= 0.3 is 11.9 Å². The first-order valence-corrected chi connectivity index (χ1v) is 10.1. The van der Waals surface area contributed by atoms with Crippen molar-refractivity contribution in [2.75, 3.05) is 0 Å². The molecule has 0 amide bonds. The third-order valence-corrected chi connectivity index (χ3v) is 4.85. The highest BCUT2D eigenvalue weighted by Crippen LogP contribution is 2.40. The predicted molar refractivity (Wildman–Crippen MR) is 106 cm³/mol. The summed E-state index contributed by atoms with van der Waals surface area (Å²) in [6.07, 6.45) is 7.09. The molecule has 0 aromatic heterocycles. The number of aliphatic carboxylic acids is 1.